The van der Waals surface area contributed by atoms with Crippen LogP contribution in [0.15, 0.2) is 29.4 Å². The highest BCUT2D eigenvalue weighted by Crippen LogP contribution is 2.30. The van der Waals surface area contributed by atoms with Gasteiger partial charge in [0.25, 0.3) is 11.9 Å². The molecule has 1 N–H and O–H groups in total. The molecular weight excluding hydrogens is 268 g/mol. The fourth-order valence-electron chi connectivity index (χ4n) is 2.46. The van der Waals surface area contributed by atoms with Crippen LogP contribution in [0.4, 0.5) is 17.5 Å². The molecule has 1 aromatic heterocycles. The molecule has 0 radical (unpaired) electrons. The largest absolute Gasteiger partial charge is 0.338 e. The topological polar surface area (TPSA) is 83.4 Å². The molecule has 0 fully saturated rings. The first-order valence-corrected chi connectivity index (χ1v) is 6.66. The molecule has 1 amide bonds. The van der Waals surface area contributed by atoms with Gasteiger partial charge in [-0.1, -0.05) is 18.2 Å². The Kier molecular flexibility index (Phi) is 2.47. The number of para-hydroxylation sites is 1. The number of amides is 1. The van der Waals surface area contributed by atoms with Crippen LogP contribution in [0.3, 0.4) is 0 Å². The summed E-state index contributed by atoms with van der Waals surface area (Å²) in [5.74, 6) is 0.708. The minimum Gasteiger partial charge on any atom is -0.338 e. The molecular formula is C14H12N6O. The number of rotatable bonds is 1. The Morgan fingerprint density at radius 3 is 2.86 bits per heavy atom. The summed E-state index contributed by atoms with van der Waals surface area (Å²) < 4.78 is 0. The summed E-state index contributed by atoms with van der Waals surface area (Å²) in [6, 6.07) is 7.98. The zero-order valence-corrected chi connectivity index (χ0v) is 11.4. The van der Waals surface area contributed by atoms with E-state index in [1.54, 1.807) is 6.92 Å². The number of nitrogens with zero attached hydrogens (tertiary/aromatic N) is 5. The lowest BCUT2D eigenvalue weighted by atomic mass is 10.0. The molecule has 104 valence electrons. The minimum atomic E-state index is -0.134. The van der Waals surface area contributed by atoms with E-state index in [1.807, 2.05) is 24.3 Å². The second-order valence-electron chi connectivity index (χ2n) is 5.08. The van der Waals surface area contributed by atoms with Crippen LogP contribution in [0.5, 0.6) is 0 Å². The second kappa shape index (κ2) is 4.34. The third kappa shape index (κ3) is 1.94. The Labute approximate surface area is 120 Å². The zero-order chi connectivity index (χ0) is 14.4. The van der Waals surface area contributed by atoms with Crippen molar-refractivity contribution < 1.29 is 4.79 Å². The number of aromatic nitrogens is 3. The number of benzene rings is 1. The van der Waals surface area contributed by atoms with Gasteiger partial charge in [-0.2, -0.15) is 15.1 Å². The lowest BCUT2D eigenvalue weighted by molar-refractivity contribution is -0.117. The first-order chi connectivity index (χ1) is 10.2. The van der Waals surface area contributed by atoms with E-state index in [0.717, 1.165) is 22.7 Å². The fraction of sp³-hybridized carbons (Fsp3) is 0.214. The molecule has 0 spiro atoms. The van der Waals surface area contributed by atoms with Crippen molar-refractivity contribution in [3.05, 3.63) is 35.5 Å². The third-order valence-electron chi connectivity index (χ3n) is 3.48. The minimum absolute atomic E-state index is 0.134. The second-order valence-corrected chi connectivity index (χ2v) is 5.08. The lowest BCUT2D eigenvalue weighted by Gasteiger charge is -2.20. The van der Waals surface area contributed by atoms with E-state index in [4.69, 9.17) is 0 Å². The first-order valence-electron chi connectivity index (χ1n) is 6.66. The maximum atomic E-state index is 11.8. The molecule has 0 atom stereocenters. The first kappa shape index (κ1) is 12.0. The fourth-order valence-corrected chi connectivity index (χ4v) is 2.46. The van der Waals surface area contributed by atoms with Crippen molar-refractivity contribution in [3.8, 4) is 0 Å². The summed E-state index contributed by atoms with van der Waals surface area (Å²) in [6.07, 6.45) is 0.978. The van der Waals surface area contributed by atoms with Gasteiger partial charge in [-0.15, -0.1) is 10.2 Å². The summed E-state index contributed by atoms with van der Waals surface area (Å²) >= 11 is 0. The highest BCUT2D eigenvalue weighted by Gasteiger charge is 2.27. The molecule has 2 aliphatic rings. The number of hydrogen-bond donors (Lipinski definition) is 1. The molecule has 3 heterocycles. The van der Waals surface area contributed by atoms with Crippen LogP contribution >= 0.6 is 0 Å². The maximum Gasteiger partial charge on any atom is 0.275 e. The molecule has 0 aliphatic carbocycles. The van der Waals surface area contributed by atoms with Crippen molar-refractivity contribution in [2.75, 3.05) is 10.3 Å². The number of anilines is 3. The highest BCUT2D eigenvalue weighted by atomic mass is 16.2. The van der Waals surface area contributed by atoms with E-state index in [2.05, 4.69) is 25.6 Å². The Morgan fingerprint density at radius 2 is 2.05 bits per heavy atom. The van der Waals surface area contributed by atoms with Gasteiger partial charge in [0, 0.05) is 17.8 Å². The van der Waals surface area contributed by atoms with E-state index in [-0.39, 0.29) is 11.9 Å². The highest BCUT2D eigenvalue weighted by molar-refractivity contribution is 6.11. The van der Waals surface area contributed by atoms with Crippen molar-refractivity contribution in [2.45, 2.75) is 19.8 Å². The Hall–Kier alpha value is -2.83. The van der Waals surface area contributed by atoms with E-state index >= 15 is 0 Å². The van der Waals surface area contributed by atoms with Gasteiger partial charge < -0.3 is 5.32 Å². The van der Waals surface area contributed by atoms with Gasteiger partial charge in [-0.05, 0) is 18.6 Å². The number of carbonyl (C=O) groups is 1. The number of hydrogen-bond acceptors (Lipinski definition) is 6. The van der Waals surface area contributed by atoms with E-state index in [9.17, 15) is 4.79 Å². The van der Waals surface area contributed by atoms with Gasteiger partial charge >= 0.3 is 0 Å². The quantitative estimate of drug-likeness (QED) is 0.732. The van der Waals surface area contributed by atoms with E-state index < -0.39 is 0 Å². The molecule has 7 heteroatoms. The van der Waals surface area contributed by atoms with Crippen molar-refractivity contribution in [2.24, 2.45) is 5.10 Å². The van der Waals surface area contributed by atoms with E-state index in [0.29, 0.717) is 18.7 Å². The molecule has 0 bridgehead atoms. The predicted octanol–water partition coefficient (Wildman–Crippen LogP) is 1.63. The predicted molar refractivity (Wildman–Crippen MR) is 77.6 cm³/mol. The van der Waals surface area contributed by atoms with Gasteiger partial charge in [0.2, 0.25) is 0 Å². The van der Waals surface area contributed by atoms with Crippen LogP contribution in [0.1, 0.15) is 24.6 Å². The summed E-state index contributed by atoms with van der Waals surface area (Å²) in [6.45, 7) is 1.80. The van der Waals surface area contributed by atoms with Crippen LogP contribution in [-0.2, 0) is 11.2 Å². The van der Waals surface area contributed by atoms with Gasteiger partial charge in [-0.25, -0.2) is 0 Å². The Bertz CT molecular complexity index is 785. The van der Waals surface area contributed by atoms with Gasteiger partial charge in [0.15, 0.2) is 5.82 Å². The van der Waals surface area contributed by atoms with Crippen molar-refractivity contribution in [1.29, 1.82) is 0 Å². The number of hydrazone groups is 1. The molecule has 0 saturated heterocycles. The summed E-state index contributed by atoms with van der Waals surface area (Å²) in [5.41, 5.74) is 3.67. The molecule has 21 heavy (non-hydrogen) atoms. The number of nitrogens with one attached hydrogen (secondary N) is 1. The van der Waals surface area contributed by atoms with Gasteiger partial charge in [-0.3, -0.25) is 4.79 Å². The average molecular weight is 280 g/mol. The molecule has 4 rings (SSSR count). The zero-order valence-electron chi connectivity index (χ0n) is 11.4. The van der Waals surface area contributed by atoms with Crippen LogP contribution in [-0.4, -0.2) is 26.8 Å². The molecule has 0 saturated carbocycles. The normalized spacial score (nSPS) is 16.1. The standard InChI is InChI=1S/C14H12N6O/c1-8-6-12(21)20(19-8)14-16-13-11(17-18-14)7-9-4-2-3-5-10(9)15-13/h2-5H,6-7H2,1H3,(H,15,16,18). The maximum absolute atomic E-state index is 11.8. The monoisotopic (exact) mass is 280 g/mol. The molecule has 0 unspecified atom stereocenters. The molecule has 2 aliphatic heterocycles. The van der Waals surface area contributed by atoms with Gasteiger partial charge in [0.05, 0.1) is 6.42 Å². The summed E-state index contributed by atoms with van der Waals surface area (Å²) in [4.78, 5) is 16.2. The summed E-state index contributed by atoms with van der Waals surface area (Å²) in [5, 5.41) is 16.8. The van der Waals surface area contributed by atoms with Crippen LogP contribution in [0.2, 0.25) is 0 Å². The van der Waals surface area contributed by atoms with Crippen LogP contribution in [0.25, 0.3) is 0 Å². The Balaban J connectivity index is 1.72. The Morgan fingerprint density at radius 1 is 1.19 bits per heavy atom. The molecule has 2 aromatic rings. The molecule has 7 nitrogen and oxygen atoms in total. The van der Waals surface area contributed by atoms with E-state index in [1.165, 1.54) is 5.01 Å². The van der Waals surface area contributed by atoms with Crippen molar-refractivity contribution in [1.82, 2.24) is 15.2 Å². The van der Waals surface area contributed by atoms with Crippen molar-refractivity contribution >= 4 is 29.1 Å². The lowest BCUT2D eigenvalue weighted by Crippen LogP contribution is -2.24. The average Bonchev–Trinajstić information content (AvgIpc) is 2.83. The number of carbonyl (C=O) groups excluding carboxylic acids is 1. The number of fused-ring (bicyclic) bond motifs is 2. The van der Waals surface area contributed by atoms with Crippen LogP contribution < -0.4 is 10.3 Å². The van der Waals surface area contributed by atoms with Crippen molar-refractivity contribution in [3.63, 3.8) is 0 Å². The smallest absolute Gasteiger partial charge is 0.275 e. The third-order valence-corrected chi connectivity index (χ3v) is 3.48. The summed E-state index contributed by atoms with van der Waals surface area (Å²) in [7, 11) is 0. The molecule has 1 aromatic carbocycles. The van der Waals surface area contributed by atoms with Crippen LogP contribution in [0, 0.1) is 0 Å². The SMILES string of the molecule is CC1=NN(c2nnc3c(n2)Nc2ccccc2C3)C(=O)C1. The van der Waals surface area contributed by atoms with Gasteiger partial charge in [0.1, 0.15) is 5.69 Å².